The van der Waals surface area contributed by atoms with E-state index in [-0.39, 0.29) is 34.5 Å². The normalized spacial score (nSPS) is 24.8. The summed E-state index contributed by atoms with van der Waals surface area (Å²) in [5, 5.41) is 9.79. The van der Waals surface area contributed by atoms with E-state index in [1.54, 1.807) is 17.0 Å². The molecule has 2 fully saturated rings. The Morgan fingerprint density at radius 3 is 2.73 bits per heavy atom. The number of nitrogens with zero attached hydrogens (tertiary/aromatic N) is 3. The van der Waals surface area contributed by atoms with Gasteiger partial charge < -0.3 is 14.9 Å². The van der Waals surface area contributed by atoms with E-state index in [0.717, 1.165) is 31.5 Å². The third-order valence-corrected chi connectivity index (χ3v) is 6.17. The van der Waals surface area contributed by atoms with Crippen molar-refractivity contribution in [1.29, 1.82) is 0 Å². The number of hydrogen-bond acceptors (Lipinski definition) is 4. The first-order chi connectivity index (χ1) is 12.3. The number of amides is 2. The van der Waals surface area contributed by atoms with Crippen molar-refractivity contribution < 1.29 is 14.7 Å². The van der Waals surface area contributed by atoms with Crippen LogP contribution in [0.2, 0.25) is 5.02 Å². The van der Waals surface area contributed by atoms with E-state index in [9.17, 15) is 14.7 Å². The number of carbonyl (C=O) groups excluding carboxylic acids is 2. The van der Waals surface area contributed by atoms with Gasteiger partial charge in [-0.05, 0) is 37.6 Å². The summed E-state index contributed by atoms with van der Waals surface area (Å²) in [5.41, 5.74) is 0.655. The van der Waals surface area contributed by atoms with Crippen molar-refractivity contribution in [2.75, 3.05) is 40.3 Å². The van der Waals surface area contributed by atoms with Crippen LogP contribution in [-0.2, 0) is 16.0 Å². The van der Waals surface area contributed by atoms with Crippen LogP contribution in [0.4, 0.5) is 0 Å². The number of hydrogen-bond donors (Lipinski definition) is 1. The Balaban J connectivity index is 1.71. The van der Waals surface area contributed by atoms with Gasteiger partial charge in [-0.2, -0.15) is 0 Å². The maximum atomic E-state index is 12.8. The van der Waals surface area contributed by atoms with Crippen molar-refractivity contribution >= 4 is 23.4 Å². The van der Waals surface area contributed by atoms with Crippen LogP contribution in [0.1, 0.15) is 24.8 Å². The van der Waals surface area contributed by atoms with Crippen molar-refractivity contribution in [2.45, 2.75) is 31.2 Å². The maximum absolute atomic E-state index is 12.8. The smallest absolute Gasteiger partial charge is 0.227 e. The minimum atomic E-state index is -0.138. The van der Waals surface area contributed by atoms with Crippen LogP contribution < -0.4 is 0 Å². The first-order valence-corrected chi connectivity index (χ1v) is 9.39. The molecule has 1 atom stereocenters. The highest BCUT2D eigenvalue weighted by molar-refractivity contribution is 6.32. The number of phenolic OH excluding ortho intramolecular Hbond substituents is 1. The van der Waals surface area contributed by atoms with Crippen LogP contribution in [0.5, 0.6) is 5.75 Å². The van der Waals surface area contributed by atoms with Gasteiger partial charge in [0.2, 0.25) is 11.8 Å². The Labute approximate surface area is 159 Å². The summed E-state index contributed by atoms with van der Waals surface area (Å²) in [5.74, 6) is 0.259. The number of likely N-dealkylation sites (tertiary alicyclic amines) is 1. The molecule has 0 bridgehead atoms. The molecule has 1 N–H and O–H groups in total. The number of piperazine rings is 1. The van der Waals surface area contributed by atoms with Gasteiger partial charge in [0, 0.05) is 45.2 Å². The molecule has 7 heteroatoms. The zero-order valence-corrected chi connectivity index (χ0v) is 16.1. The lowest BCUT2D eigenvalue weighted by Crippen LogP contribution is -2.62. The fourth-order valence-electron chi connectivity index (χ4n) is 3.92. The summed E-state index contributed by atoms with van der Waals surface area (Å²) in [4.78, 5) is 30.9. The number of halogens is 1. The first kappa shape index (κ1) is 19.0. The summed E-state index contributed by atoms with van der Waals surface area (Å²) in [6, 6.07) is 4.88. The SMILES string of the molecule is CN1CC[C@@]2(CCC1=O)CN(C(=O)Cc1ccc(O)c(Cl)c1)CCN2C. The molecule has 26 heavy (non-hydrogen) atoms. The van der Waals surface area contributed by atoms with E-state index in [4.69, 9.17) is 11.6 Å². The summed E-state index contributed by atoms with van der Waals surface area (Å²) < 4.78 is 0. The molecule has 0 aromatic heterocycles. The number of rotatable bonds is 2. The summed E-state index contributed by atoms with van der Waals surface area (Å²) in [6.07, 6.45) is 2.44. The van der Waals surface area contributed by atoms with Crippen molar-refractivity contribution in [3.05, 3.63) is 28.8 Å². The molecule has 2 aliphatic rings. The van der Waals surface area contributed by atoms with Crippen LogP contribution in [0, 0.1) is 0 Å². The predicted molar refractivity (Wildman–Crippen MR) is 100 cm³/mol. The molecular weight excluding hydrogens is 354 g/mol. The lowest BCUT2D eigenvalue weighted by atomic mass is 9.86. The Bertz CT molecular complexity index is 711. The third-order valence-electron chi connectivity index (χ3n) is 5.86. The molecule has 0 unspecified atom stereocenters. The topological polar surface area (TPSA) is 64.1 Å². The molecule has 0 aliphatic carbocycles. The fourth-order valence-corrected chi connectivity index (χ4v) is 4.12. The number of likely N-dealkylation sites (N-methyl/N-ethyl adjacent to an activating group) is 1. The van der Waals surface area contributed by atoms with E-state index in [2.05, 4.69) is 11.9 Å². The first-order valence-electron chi connectivity index (χ1n) is 9.01. The molecule has 2 saturated heterocycles. The second-order valence-electron chi connectivity index (χ2n) is 7.49. The van der Waals surface area contributed by atoms with Gasteiger partial charge in [0.05, 0.1) is 11.4 Å². The summed E-state index contributed by atoms with van der Waals surface area (Å²) >= 11 is 5.95. The molecule has 2 aliphatic heterocycles. The largest absolute Gasteiger partial charge is 0.506 e. The van der Waals surface area contributed by atoms with Crippen molar-refractivity contribution in [3.8, 4) is 5.75 Å². The van der Waals surface area contributed by atoms with Gasteiger partial charge in [-0.1, -0.05) is 17.7 Å². The highest BCUT2D eigenvalue weighted by Crippen LogP contribution is 2.32. The molecule has 1 spiro atoms. The van der Waals surface area contributed by atoms with E-state index < -0.39 is 0 Å². The second-order valence-corrected chi connectivity index (χ2v) is 7.90. The highest BCUT2D eigenvalue weighted by Gasteiger charge is 2.42. The van der Waals surface area contributed by atoms with Gasteiger partial charge in [-0.3, -0.25) is 14.5 Å². The van der Waals surface area contributed by atoms with Gasteiger partial charge in [-0.15, -0.1) is 0 Å². The minimum Gasteiger partial charge on any atom is -0.506 e. The van der Waals surface area contributed by atoms with Crippen LogP contribution in [0.15, 0.2) is 18.2 Å². The quantitative estimate of drug-likeness (QED) is 0.850. The molecule has 3 rings (SSSR count). The van der Waals surface area contributed by atoms with Gasteiger partial charge >= 0.3 is 0 Å². The number of carbonyl (C=O) groups is 2. The molecule has 6 nitrogen and oxygen atoms in total. The van der Waals surface area contributed by atoms with Crippen molar-refractivity contribution in [3.63, 3.8) is 0 Å². The zero-order chi connectivity index (χ0) is 18.9. The Kier molecular flexibility index (Phi) is 5.44. The van der Waals surface area contributed by atoms with E-state index in [1.807, 2.05) is 11.9 Å². The molecular formula is C19H26ClN3O3. The van der Waals surface area contributed by atoms with E-state index in [0.29, 0.717) is 19.5 Å². The number of benzene rings is 1. The van der Waals surface area contributed by atoms with Crippen LogP contribution >= 0.6 is 11.6 Å². The van der Waals surface area contributed by atoms with Crippen LogP contribution in [0.3, 0.4) is 0 Å². The average molecular weight is 380 g/mol. The molecule has 2 heterocycles. The summed E-state index contributed by atoms with van der Waals surface area (Å²) in [7, 11) is 3.94. The van der Waals surface area contributed by atoms with Crippen LogP contribution in [-0.4, -0.2) is 77.4 Å². The molecule has 0 saturated carbocycles. The molecule has 1 aromatic carbocycles. The number of phenols is 1. The lowest BCUT2D eigenvalue weighted by Gasteiger charge is -2.49. The van der Waals surface area contributed by atoms with Crippen molar-refractivity contribution in [1.82, 2.24) is 14.7 Å². The van der Waals surface area contributed by atoms with Gasteiger partial charge in [-0.25, -0.2) is 0 Å². The monoisotopic (exact) mass is 379 g/mol. The fraction of sp³-hybridized carbons (Fsp3) is 0.579. The lowest BCUT2D eigenvalue weighted by molar-refractivity contribution is -0.136. The molecule has 1 aromatic rings. The Morgan fingerprint density at radius 2 is 2.00 bits per heavy atom. The van der Waals surface area contributed by atoms with Gasteiger partial charge in [0.25, 0.3) is 0 Å². The average Bonchev–Trinajstić information content (AvgIpc) is 2.75. The van der Waals surface area contributed by atoms with E-state index in [1.165, 1.54) is 6.07 Å². The zero-order valence-electron chi connectivity index (χ0n) is 15.4. The van der Waals surface area contributed by atoms with Crippen molar-refractivity contribution in [2.24, 2.45) is 0 Å². The minimum absolute atomic E-state index is 0.0219. The Morgan fingerprint density at radius 1 is 1.23 bits per heavy atom. The third kappa shape index (κ3) is 3.81. The molecule has 0 radical (unpaired) electrons. The Hall–Kier alpha value is -1.79. The van der Waals surface area contributed by atoms with Gasteiger partial charge in [0.15, 0.2) is 0 Å². The number of aromatic hydroxyl groups is 1. The van der Waals surface area contributed by atoms with Gasteiger partial charge in [0.1, 0.15) is 5.75 Å². The maximum Gasteiger partial charge on any atom is 0.227 e. The highest BCUT2D eigenvalue weighted by atomic mass is 35.5. The standard InChI is InChI=1S/C19H26ClN3O3/c1-21-8-7-19(6-5-17(21)25)13-23(10-9-22(19)2)18(26)12-14-3-4-16(24)15(20)11-14/h3-4,11,24H,5-10,12-13H2,1-2H3/t19-/m0/s1. The molecule has 142 valence electrons. The molecule has 2 amide bonds. The summed E-state index contributed by atoms with van der Waals surface area (Å²) in [6.45, 7) is 2.86. The second kappa shape index (κ2) is 7.45. The predicted octanol–water partition coefficient (Wildman–Crippen LogP) is 1.74. The van der Waals surface area contributed by atoms with E-state index >= 15 is 0 Å². The van der Waals surface area contributed by atoms with Crippen LogP contribution in [0.25, 0.3) is 0 Å².